The van der Waals surface area contributed by atoms with Gasteiger partial charge in [-0.1, -0.05) is 48.2 Å². The van der Waals surface area contributed by atoms with E-state index in [0.717, 1.165) is 17.0 Å². The van der Waals surface area contributed by atoms with E-state index in [1.54, 1.807) is 26.2 Å². The lowest BCUT2D eigenvalue weighted by molar-refractivity contribution is -0.127. The van der Waals surface area contributed by atoms with Crippen LogP contribution in [0.2, 0.25) is 0 Å². The van der Waals surface area contributed by atoms with Crippen molar-refractivity contribution in [2.24, 2.45) is 7.05 Å². The van der Waals surface area contributed by atoms with Gasteiger partial charge < -0.3 is 18.9 Å². The number of methoxy groups -OCH3 is 2. The van der Waals surface area contributed by atoms with Crippen LogP contribution in [0.1, 0.15) is 5.56 Å². The zero-order chi connectivity index (χ0) is 20.8. The molecule has 29 heavy (non-hydrogen) atoms. The molecule has 0 spiro atoms. The number of rotatable bonds is 8. The molecule has 0 aliphatic heterocycles. The Morgan fingerprint density at radius 1 is 1.07 bits per heavy atom. The first-order valence-electron chi connectivity index (χ1n) is 9.06. The van der Waals surface area contributed by atoms with E-state index in [1.165, 1.54) is 11.8 Å². The van der Waals surface area contributed by atoms with Crippen molar-refractivity contribution in [2.45, 2.75) is 11.7 Å². The van der Waals surface area contributed by atoms with Gasteiger partial charge in [-0.05, 0) is 17.7 Å². The second-order valence-corrected chi connectivity index (χ2v) is 7.40. The number of hydrogen-bond donors (Lipinski definition) is 0. The van der Waals surface area contributed by atoms with E-state index < -0.39 is 0 Å². The largest absolute Gasteiger partial charge is 0.493 e. The lowest BCUT2D eigenvalue weighted by atomic mass is 10.2. The molecule has 0 saturated carbocycles. The quantitative estimate of drug-likeness (QED) is 0.529. The van der Waals surface area contributed by atoms with Crippen LogP contribution in [0.5, 0.6) is 11.5 Å². The molecule has 8 heteroatoms. The van der Waals surface area contributed by atoms with Crippen LogP contribution in [0.3, 0.4) is 0 Å². The third-order valence-electron chi connectivity index (χ3n) is 4.49. The number of aromatic nitrogens is 3. The summed E-state index contributed by atoms with van der Waals surface area (Å²) in [5, 5.41) is 9.18. The highest BCUT2D eigenvalue weighted by atomic mass is 32.2. The molecule has 0 saturated heterocycles. The Morgan fingerprint density at radius 2 is 1.79 bits per heavy atom. The molecule has 1 amide bonds. The molecule has 0 fully saturated rings. The summed E-state index contributed by atoms with van der Waals surface area (Å²) in [5.74, 6) is 2.38. The molecule has 0 bridgehead atoms. The first-order valence-corrected chi connectivity index (χ1v) is 10.0. The molecule has 3 rings (SSSR count). The predicted octanol–water partition coefficient (Wildman–Crippen LogP) is 3.25. The lowest BCUT2D eigenvalue weighted by Crippen LogP contribution is -2.27. The molecule has 0 N–H and O–H groups in total. The van der Waals surface area contributed by atoms with Crippen LogP contribution in [0.4, 0.5) is 0 Å². The van der Waals surface area contributed by atoms with Gasteiger partial charge in [-0.15, -0.1) is 10.2 Å². The lowest BCUT2D eigenvalue weighted by Gasteiger charge is -2.18. The molecule has 7 nitrogen and oxygen atoms in total. The number of thioether (sulfide) groups is 1. The smallest absolute Gasteiger partial charge is 0.233 e. The van der Waals surface area contributed by atoms with E-state index in [9.17, 15) is 4.79 Å². The zero-order valence-electron chi connectivity index (χ0n) is 17.0. The summed E-state index contributed by atoms with van der Waals surface area (Å²) in [5.41, 5.74) is 1.96. The van der Waals surface area contributed by atoms with Crippen molar-refractivity contribution in [1.29, 1.82) is 0 Å². The van der Waals surface area contributed by atoms with Crippen LogP contribution in [0, 0.1) is 0 Å². The van der Waals surface area contributed by atoms with E-state index in [1.807, 2.05) is 60.1 Å². The number of carbonyl (C=O) groups excluding carboxylic acids is 1. The van der Waals surface area contributed by atoms with Gasteiger partial charge in [0.15, 0.2) is 22.5 Å². The Labute approximate surface area is 174 Å². The third kappa shape index (κ3) is 4.89. The Bertz CT molecular complexity index is 975. The fourth-order valence-electron chi connectivity index (χ4n) is 2.86. The van der Waals surface area contributed by atoms with Crippen molar-refractivity contribution < 1.29 is 14.3 Å². The number of benzene rings is 2. The molecule has 1 aromatic heterocycles. The van der Waals surface area contributed by atoms with Crippen molar-refractivity contribution in [3.05, 3.63) is 54.1 Å². The number of amides is 1. The van der Waals surface area contributed by atoms with Crippen LogP contribution in [-0.4, -0.2) is 52.6 Å². The van der Waals surface area contributed by atoms with Gasteiger partial charge in [0.05, 0.1) is 20.0 Å². The molecule has 1 heterocycles. The predicted molar refractivity (Wildman–Crippen MR) is 113 cm³/mol. The molecule has 2 aromatic carbocycles. The van der Waals surface area contributed by atoms with Gasteiger partial charge >= 0.3 is 0 Å². The van der Waals surface area contributed by atoms with Crippen molar-refractivity contribution in [2.75, 3.05) is 27.0 Å². The summed E-state index contributed by atoms with van der Waals surface area (Å²) in [6.45, 7) is 0.480. The van der Waals surface area contributed by atoms with E-state index in [2.05, 4.69) is 10.2 Å². The molecule has 3 aromatic rings. The Morgan fingerprint density at radius 3 is 2.48 bits per heavy atom. The van der Waals surface area contributed by atoms with Gasteiger partial charge in [-0.3, -0.25) is 4.79 Å². The molecule has 152 valence electrons. The van der Waals surface area contributed by atoms with Crippen LogP contribution >= 0.6 is 11.8 Å². The summed E-state index contributed by atoms with van der Waals surface area (Å²) in [4.78, 5) is 14.3. The van der Waals surface area contributed by atoms with Crippen LogP contribution in [0.15, 0.2) is 53.7 Å². The average molecular weight is 413 g/mol. The Hall–Kier alpha value is -3.00. The maximum Gasteiger partial charge on any atom is 0.233 e. The van der Waals surface area contributed by atoms with Gasteiger partial charge in [-0.2, -0.15) is 0 Å². The topological polar surface area (TPSA) is 69.5 Å². The van der Waals surface area contributed by atoms with Crippen molar-refractivity contribution in [3.8, 4) is 22.9 Å². The number of hydrogen-bond acceptors (Lipinski definition) is 6. The fraction of sp³-hybridized carbons (Fsp3) is 0.286. The van der Waals surface area contributed by atoms with Gasteiger partial charge in [-0.25, -0.2) is 0 Å². The van der Waals surface area contributed by atoms with E-state index >= 15 is 0 Å². The third-order valence-corrected chi connectivity index (χ3v) is 5.49. The molecule has 0 atom stereocenters. The zero-order valence-corrected chi connectivity index (χ0v) is 17.8. The van der Waals surface area contributed by atoms with Crippen molar-refractivity contribution in [3.63, 3.8) is 0 Å². The molecular weight excluding hydrogens is 388 g/mol. The fourth-order valence-corrected chi connectivity index (χ4v) is 3.71. The number of ether oxygens (including phenoxy) is 2. The molecular formula is C21H24N4O3S. The summed E-state index contributed by atoms with van der Waals surface area (Å²) in [7, 11) is 6.88. The maximum absolute atomic E-state index is 12.6. The number of carbonyl (C=O) groups is 1. The second kappa shape index (κ2) is 9.47. The summed E-state index contributed by atoms with van der Waals surface area (Å²) in [6, 6.07) is 15.5. The summed E-state index contributed by atoms with van der Waals surface area (Å²) in [6.07, 6.45) is 0. The van der Waals surface area contributed by atoms with Crippen LogP contribution in [0.25, 0.3) is 11.4 Å². The van der Waals surface area contributed by atoms with E-state index in [0.29, 0.717) is 23.2 Å². The first kappa shape index (κ1) is 20.7. The van der Waals surface area contributed by atoms with Crippen LogP contribution in [-0.2, 0) is 18.4 Å². The number of nitrogens with zero attached hydrogens (tertiary/aromatic N) is 4. The monoisotopic (exact) mass is 412 g/mol. The van der Waals surface area contributed by atoms with Crippen molar-refractivity contribution >= 4 is 17.7 Å². The van der Waals surface area contributed by atoms with Gasteiger partial charge in [0.1, 0.15) is 0 Å². The maximum atomic E-state index is 12.6. The van der Waals surface area contributed by atoms with Gasteiger partial charge in [0.2, 0.25) is 5.91 Å². The Balaban J connectivity index is 1.60. The highest BCUT2D eigenvalue weighted by molar-refractivity contribution is 7.99. The van der Waals surface area contributed by atoms with E-state index in [-0.39, 0.29) is 11.7 Å². The molecule has 0 unspecified atom stereocenters. The van der Waals surface area contributed by atoms with Crippen LogP contribution < -0.4 is 9.47 Å². The summed E-state index contributed by atoms with van der Waals surface area (Å²) >= 11 is 1.38. The normalized spacial score (nSPS) is 10.6. The minimum Gasteiger partial charge on any atom is -0.493 e. The standard InChI is InChI=1S/C21H24N4O3S/c1-24(13-15-10-11-17(27-3)18(12-15)28-4)19(26)14-29-21-23-22-20(25(21)2)16-8-6-5-7-9-16/h5-12H,13-14H2,1-4H3. The second-order valence-electron chi connectivity index (χ2n) is 6.46. The van der Waals surface area contributed by atoms with Gasteiger partial charge in [0, 0.05) is 26.2 Å². The summed E-state index contributed by atoms with van der Waals surface area (Å²) < 4.78 is 12.5. The molecule has 0 aliphatic rings. The Kier molecular flexibility index (Phi) is 6.77. The highest BCUT2D eigenvalue weighted by Crippen LogP contribution is 2.28. The SMILES string of the molecule is COc1ccc(CN(C)C(=O)CSc2nnc(-c3ccccc3)n2C)cc1OC. The minimum absolute atomic E-state index is 0.00838. The average Bonchev–Trinajstić information content (AvgIpc) is 3.12. The van der Waals surface area contributed by atoms with Gasteiger partial charge in [0.25, 0.3) is 0 Å². The highest BCUT2D eigenvalue weighted by Gasteiger charge is 2.15. The molecule has 0 aliphatic carbocycles. The minimum atomic E-state index is 0.00838. The first-order chi connectivity index (χ1) is 14.0. The molecule has 0 radical (unpaired) electrons. The van der Waals surface area contributed by atoms with Crippen molar-refractivity contribution in [1.82, 2.24) is 19.7 Å². The van der Waals surface area contributed by atoms with E-state index in [4.69, 9.17) is 9.47 Å².